The SMILES string of the molecule is Nc1cccc2c(Nc3ccc(F)cc3Cl)ccnc12. The molecule has 3 rings (SSSR count). The van der Waals surface area contributed by atoms with E-state index in [9.17, 15) is 4.39 Å². The van der Waals surface area contributed by atoms with Crippen molar-refractivity contribution in [1.29, 1.82) is 0 Å². The van der Waals surface area contributed by atoms with Crippen LogP contribution < -0.4 is 11.1 Å². The van der Waals surface area contributed by atoms with Crippen LogP contribution in [0, 0.1) is 5.82 Å². The highest BCUT2D eigenvalue weighted by Crippen LogP contribution is 2.31. The zero-order valence-electron chi connectivity index (χ0n) is 10.4. The van der Waals surface area contributed by atoms with Crippen molar-refractivity contribution in [3.63, 3.8) is 0 Å². The van der Waals surface area contributed by atoms with E-state index < -0.39 is 0 Å². The lowest BCUT2D eigenvalue weighted by atomic mass is 10.1. The Hall–Kier alpha value is -2.33. The lowest BCUT2D eigenvalue weighted by molar-refractivity contribution is 0.628. The minimum atomic E-state index is -0.371. The van der Waals surface area contributed by atoms with E-state index in [0.717, 1.165) is 16.6 Å². The quantitative estimate of drug-likeness (QED) is 0.689. The summed E-state index contributed by atoms with van der Waals surface area (Å²) < 4.78 is 13.1. The van der Waals surface area contributed by atoms with E-state index in [4.69, 9.17) is 17.3 Å². The number of fused-ring (bicyclic) bond motifs is 1. The molecule has 100 valence electrons. The zero-order chi connectivity index (χ0) is 14.1. The van der Waals surface area contributed by atoms with Gasteiger partial charge in [0.25, 0.3) is 0 Å². The standard InChI is InChI=1S/C15H11ClFN3/c16-11-8-9(17)4-5-14(11)20-13-6-7-19-15-10(13)2-1-3-12(15)18/h1-8H,18H2,(H,19,20). The Balaban J connectivity index is 2.09. The number of rotatable bonds is 2. The first-order chi connectivity index (χ1) is 9.65. The minimum Gasteiger partial charge on any atom is -0.397 e. The molecule has 0 aliphatic rings. The summed E-state index contributed by atoms with van der Waals surface area (Å²) >= 11 is 6.02. The second kappa shape index (κ2) is 4.98. The van der Waals surface area contributed by atoms with Gasteiger partial charge in [-0.25, -0.2) is 4.39 Å². The van der Waals surface area contributed by atoms with Gasteiger partial charge >= 0.3 is 0 Å². The maximum absolute atomic E-state index is 13.1. The third-order valence-electron chi connectivity index (χ3n) is 3.00. The minimum absolute atomic E-state index is 0.318. The van der Waals surface area contributed by atoms with Crippen molar-refractivity contribution < 1.29 is 4.39 Å². The van der Waals surface area contributed by atoms with Gasteiger partial charge in [0.2, 0.25) is 0 Å². The monoisotopic (exact) mass is 287 g/mol. The first-order valence-corrected chi connectivity index (χ1v) is 6.38. The van der Waals surface area contributed by atoms with Gasteiger partial charge in [-0.1, -0.05) is 23.7 Å². The van der Waals surface area contributed by atoms with Gasteiger partial charge in [0.1, 0.15) is 5.82 Å². The summed E-state index contributed by atoms with van der Waals surface area (Å²) in [5.74, 6) is -0.371. The summed E-state index contributed by atoms with van der Waals surface area (Å²) in [7, 11) is 0. The Morgan fingerprint density at radius 3 is 2.75 bits per heavy atom. The molecule has 0 radical (unpaired) electrons. The van der Waals surface area contributed by atoms with E-state index in [0.29, 0.717) is 16.4 Å². The van der Waals surface area contributed by atoms with Crippen molar-refractivity contribution in [2.75, 3.05) is 11.1 Å². The fourth-order valence-corrected chi connectivity index (χ4v) is 2.26. The van der Waals surface area contributed by atoms with Gasteiger partial charge in [0.05, 0.1) is 21.9 Å². The highest BCUT2D eigenvalue weighted by Gasteiger charge is 2.07. The number of anilines is 3. The largest absolute Gasteiger partial charge is 0.397 e. The molecular formula is C15H11ClFN3. The summed E-state index contributed by atoms with van der Waals surface area (Å²) in [6, 6.07) is 11.6. The van der Waals surface area contributed by atoms with Crippen molar-refractivity contribution >= 4 is 39.6 Å². The number of para-hydroxylation sites is 1. The molecule has 0 saturated carbocycles. The van der Waals surface area contributed by atoms with Crippen LogP contribution in [0.3, 0.4) is 0 Å². The highest BCUT2D eigenvalue weighted by molar-refractivity contribution is 6.33. The summed E-state index contributed by atoms with van der Waals surface area (Å²) in [6.07, 6.45) is 1.67. The van der Waals surface area contributed by atoms with E-state index in [1.165, 1.54) is 12.1 Å². The number of hydrogen-bond donors (Lipinski definition) is 2. The zero-order valence-corrected chi connectivity index (χ0v) is 11.2. The fourth-order valence-electron chi connectivity index (χ4n) is 2.04. The van der Waals surface area contributed by atoms with Crippen LogP contribution in [-0.4, -0.2) is 4.98 Å². The molecule has 5 heteroatoms. The molecule has 0 aliphatic heterocycles. The predicted octanol–water partition coefficient (Wildman–Crippen LogP) is 4.35. The third-order valence-corrected chi connectivity index (χ3v) is 3.32. The number of halogens is 2. The van der Waals surface area contributed by atoms with Crippen molar-refractivity contribution in [3.8, 4) is 0 Å². The summed E-state index contributed by atoms with van der Waals surface area (Å²) in [5.41, 5.74) is 8.67. The number of hydrogen-bond acceptors (Lipinski definition) is 3. The van der Waals surface area contributed by atoms with Gasteiger partial charge < -0.3 is 11.1 Å². The van der Waals surface area contributed by atoms with Crippen LogP contribution in [0.25, 0.3) is 10.9 Å². The Kier molecular flexibility index (Phi) is 3.16. The molecule has 0 bridgehead atoms. The van der Waals surface area contributed by atoms with Crippen LogP contribution in [0.2, 0.25) is 5.02 Å². The maximum Gasteiger partial charge on any atom is 0.124 e. The number of nitrogen functional groups attached to an aromatic ring is 1. The summed E-state index contributed by atoms with van der Waals surface area (Å²) in [4.78, 5) is 4.26. The van der Waals surface area contributed by atoms with E-state index in [-0.39, 0.29) is 5.82 Å². The third kappa shape index (κ3) is 2.26. The highest BCUT2D eigenvalue weighted by atomic mass is 35.5. The molecule has 3 nitrogen and oxygen atoms in total. The molecule has 0 saturated heterocycles. The van der Waals surface area contributed by atoms with E-state index in [1.807, 2.05) is 18.2 Å². The average Bonchev–Trinajstić information content (AvgIpc) is 2.43. The van der Waals surface area contributed by atoms with Gasteiger partial charge in [-0.3, -0.25) is 4.98 Å². The number of nitrogens with zero attached hydrogens (tertiary/aromatic N) is 1. The molecular weight excluding hydrogens is 277 g/mol. The van der Waals surface area contributed by atoms with Gasteiger partial charge in [0, 0.05) is 17.3 Å². The second-order valence-corrected chi connectivity index (χ2v) is 4.76. The van der Waals surface area contributed by atoms with Gasteiger partial charge in [-0.15, -0.1) is 0 Å². The number of benzene rings is 2. The smallest absolute Gasteiger partial charge is 0.124 e. The number of nitrogens with one attached hydrogen (secondary N) is 1. The van der Waals surface area contributed by atoms with Crippen LogP contribution >= 0.6 is 11.6 Å². The molecule has 0 fully saturated rings. The Bertz CT molecular complexity index is 789. The number of pyridine rings is 1. The number of aromatic nitrogens is 1. The fraction of sp³-hybridized carbons (Fsp3) is 0. The van der Waals surface area contributed by atoms with Crippen molar-refractivity contribution in [1.82, 2.24) is 4.98 Å². The number of nitrogens with two attached hydrogens (primary N) is 1. The van der Waals surface area contributed by atoms with Crippen LogP contribution in [0.5, 0.6) is 0 Å². The van der Waals surface area contributed by atoms with Crippen LogP contribution in [-0.2, 0) is 0 Å². The summed E-state index contributed by atoms with van der Waals surface area (Å²) in [5, 5.41) is 4.38. The Morgan fingerprint density at radius 2 is 1.95 bits per heavy atom. The van der Waals surface area contributed by atoms with E-state index >= 15 is 0 Å². The van der Waals surface area contributed by atoms with Gasteiger partial charge in [-0.05, 0) is 30.3 Å². The average molecular weight is 288 g/mol. The predicted molar refractivity (Wildman–Crippen MR) is 80.8 cm³/mol. The first-order valence-electron chi connectivity index (χ1n) is 6.00. The second-order valence-electron chi connectivity index (χ2n) is 4.35. The maximum atomic E-state index is 13.1. The van der Waals surface area contributed by atoms with Crippen LogP contribution in [0.4, 0.5) is 21.5 Å². The summed E-state index contributed by atoms with van der Waals surface area (Å²) in [6.45, 7) is 0. The van der Waals surface area contributed by atoms with Crippen molar-refractivity contribution in [2.45, 2.75) is 0 Å². The molecule has 3 N–H and O–H groups in total. The van der Waals surface area contributed by atoms with Crippen molar-refractivity contribution in [2.24, 2.45) is 0 Å². The lowest BCUT2D eigenvalue weighted by Crippen LogP contribution is -1.96. The van der Waals surface area contributed by atoms with Gasteiger partial charge in [0.15, 0.2) is 0 Å². The van der Waals surface area contributed by atoms with E-state index in [2.05, 4.69) is 10.3 Å². The molecule has 0 amide bonds. The Labute approximate surface area is 120 Å². The molecule has 0 atom stereocenters. The Morgan fingerprint density at radius 1 is 1.10 bits per heavy atom. The van der Waals surface area contributed by atoms with Crippen LogP contribution in [0.1, 0.15) is 0 Å². The first kappa shape index (κ1) is 12.7. The van der Waals surface area contributed by atoms with E-state index in [1.54, 1.807) is 18.3 Å². The molecule has 2 aromatic carbocycles. The molecule has 3 aromatic rings. The molecule has 20 heavy (non-hydrogen) atoms. The molecule has 1 aromatic heterocycles. The normalized spacial score (nSPS) is 10.7. The molecule has 0 aliphatic carbocycles. The van der Waals surface area contributed by atoms with Crippen LogP contribution in [0.15, 0.2) is 48.7 Å². The van der Waals surface area contributed by atoms with Crippen molar-refractivity contribution in [3.05, 3.63) is 59.5 Å². The van der Waals surface area contributed by atoms with Gasteiger partial charge in [-0.2, -0.15) is 0 Å². The molecule has 1 heterocycles. The molecule has 0 spiro atoms. The molecule has 0 unspecified atom stereocenters. The lowest BCUT2D eigenvalue weighted by Gasteiger charge is -2.11. The topological polar surface area (TPSA) is 50.9 Å².